The Morgan fingerprint density at radius 3 is 2.30 bits per heavy atom. The maximum absolute atomic E-state index is 14.0. The third-order valence-corrected chi connectivity index (χ3v) is 11.8. The molecule has 282 valence electrons. The number of hydrogen-bond acceptors (Lipinski definition) is 10. The molecule has 4 aromatic carbocycles. The van der Waals surface area contributed by atoms with Crippen LogP contribution in [0.15, 0.2) is 103 Å². The molecule has 5 amide bonds. The Hall–Kier alpha value is -6.38. The molecule has 13 nitrogen and oxygen atoms in total. The van der Waals surface area contributed by atoms with Crippen LogP contribution in [0.4, 0.5) is 16.5 Å². The molecular weight excluding hydrogens is 731 g/mol. The van der Waals surface area contributed by atoms with E-state index in [9.17, 15) is 29.1 Å². The maximum atomic E-state index is 14.0. The summed E-state index contributed by atoms with van der Waals surface area (Å²) in [6.07, 6.45) is 0.652. The van der Waals surface area contributed by atoms with Crippen molar-refractivity contribution in [3.05, 3.63) is 130 Å². The summed E-state index contributed by atoms with van der Waals surface area (Å²) >= 11 is 1.32. The van der Waals surface area contributed by atoms with Crippen molar-refractivity contribution >= 4 is 57.4 Å². The van der Waals surface area contributed by atoms with Crippen molar-refractivity contribution in [2.45, 2.75) is 37.7 Å². The van der Waals surface area contributed by atoms with Gasteiger partial charge in [0.2, 0.25) is 5.91 Å². The van der Waals surface area contributed by atoms with Gasteiger partial charge >= 0.3 is 0 Å². The summed E-state index contributed by atoms with van der Waals surface area (Å²) in [4.78, 5) is 77.7. The van der Waals surface area contributed by atoms with E-state index in [-0.39, 0.29) is 30.6 Å². The van der Waals surface area contributed by atoms with E-state index >= 15 is 0 Å². The summed E-state index contributed by atoms with van der Waals surface area (Å²) < 4.78 is 0. The van der Waals surface area contributed by atoms with E-state index in [0.29, 0.717) is 60.2 Å². The zero-order valence-corrected chi connectivity index (χ0v) is 30.9. The van der Waals surface area contributed by atoms with Crippen LogP contribution in [0, 0.1) is 0 Å². The Morgan fingerprint density at radius 1 is 0.821 bits per heavy atom. The van der Waals surface area contributed by atoms with Crippen LogP contribution in [0.3, 0.4) is 0 Å². The van der Waals surface area contributed by atoms with Gasteiger partial charge in [-0.2, -0.15) is 0 Å². The number of benzene rings is 4. The number of nitrogens with zero attached hydrogens (tertiary/aromatic N) is 5. The van der Waals surface area contributed by atoms with Gasteiger partial charge in [0.1, 0.15) is 12.3 Å². The van der Waals surface area contributed by atoms with E-state index in [4.69, 9.17) is 0 Å². The highest BCUT2D eigenvalue weighted by Gasteiger charge is 2.46. The van der Waals surface area contributed by atoms with Crippen molar-refractivity contribution < 1.29 is 29.1 Å². The molecule has 1 aromatic heterocycles. The number of thiazole rings is 1. The molecule has 2 saturated heterocycles. The van der Waals surface area contributed by atoms with Crippen molar-refractivity contribution in [3.8, 4) is 11.1 Å². The number of fused-ring (bicyclic) bond motifs is 2. The first-order valence-corrected chi connectivity index (χ1v) is 19.4. The zero-order valence-electron chi connectivity index (χ0n) is 30.1. The highest BCUT2D eigenvalue weighted by atomic mass is 32.1. The van der Waals surface area contributed by atoms with E-state index in [2.05, 4.69) is 37.6 Å². The number of rotatable bonds is 8. The molecule has 5 aromatic rings. The molecule has 2 fully saturated rings. The van der Waals surface area contributed by atoms with Gasteiger partial charge < -0.3 is 25.1 Å². The summed E-state index contributed by atoms with van der Waals surface area (Å²) in [7, 11) is 0. The van der Waals surface area contributed by atoms with Crippen LogP contribution in [-0.2, 0) is 16.1 Å². The van der Waals surface area contributed by atoms with Gasteiger partial charge in [-0.05, 0) is 59.0 Å². The number of carbonyl (C=O) groups excluding carboxylic acids is 5. The molecule has 4 aliphatic heterocycles. The number of imide groups is 1. The number of aliphatic hydroxyl groups excluding tert-OH is 1. The fourth-order valence-electron chi connectivity index (χ4n) is 8.24. The second kappa shape index (κ2) is 14.4. The van der Waals surface area contributed by atoms with E-state index in [0.717, 1.165) is 32.8 Å². The average Bonchev–Trinajstić information content (AvgIpc) is 3.92. The third kappa shape index (κ3) is 6.26. The number of hydrogen-bond donors (Lipinski definition) is 3. The number of aromatic nitrogens is 1. The molecule has 0 saturated carbocycles. The summed E-state index contributed by atoms with van der Waals surface area (Å²) in [6.45, 7) is 2.92. The summed E-state index contributed by atoms with van der Waals surface area (Å²) in [6, 6.07) is 27.0. The lowest BCUT2D eigenvalue weighted by Crippen LogP contribution is -2.57. The first-order chi connectivity index (χ1) is 27.2. The standard InChI is InChI=1S/C42H37N7O6S/c50-34-16-15-33(37(51)44-34)49-40(54)30-7-4-8-32(35(30)41(49)55)47-20-18-46(19-21-47)29-13-11-25(12-14-29)27-9-10-28-24-48(39(53)31(28)23-27)36(26-5-2-1-3-6-26)38(52)45-42-43-17-22-56-42/h1-14,17,22-23,33,36-37,51H,15-16,18-21,24H2,(H,44,50)(H,43,45,52). The number of anilines is 3. The van der Waals surface area contributed by atoms with Crippen LogP contribution < -0.4 is 20.4 Å². The number of amides is 5. The van der Waals surface area contributed by atoms with Gasteiger partial charge in [-0.25, -0.2) is 4.98 Å². The van der Waals surface area contributed by atoms with E-state index in [1.54, 1.807) is 28.6 Å². The molecule has 3 unspecified atom stereocenters. The number of carbonyl (C=O) groups is 5. The molecule has 9 rings (SSSR count). The molecular formula is C42H37N7O6S. The van der Waals surface area contributed by atoms with E-state index in [1.807, 2.05) is 66.7 Å². The zero-order chi connectivity index (χ0) is 38.5. The fourth-order valence-corrected chi connectivity index (χ4v) is 8.77. The van der Waals surface area contributed by atoms with Crippen LogP contribution in [0.1, 0.15) is 61.1 Å². The molecule has 0 spiro atoms. The van der Waals surface area contributed by atoms with Crippen LogP contribution >= 0.6 is 11.3 Å². The van der Waals surface area contributed by atoms with Crippen LogP contribution in [-0.4, -0.2) is 87.9 Å². The molecule has 56 heavy (non-hydrogen) atoms. The van der Waals surface area contributed by atoms with E-state index < -0.39 is 30.1 Å². The van der Waals surface area contributed by atoms with E-state index in [1.165, 1.54) is 11.3 Å². The van der Waals surface area contributed by atoms with Crippen molar-refractivity contribution in [2.75, 3.05) is 41.3 Å². The molecule has 0 aliphatic carbocycles. The molecule has 3 N–H and O–H groups in total. The predicted octanol–water partition coefficient (Wildman–Crippen LogP) is 4.67. The second-order valence-electron chi connectivity index (χ2n) is 14.3. The molecule has 4 aliphatic rings. The van der Waals surface area contributed by atoms with Gasteiger partial charge in [-0.15, -0.1) is 11.3 Å². The van der Waals surface area contributed by atoms with Gasteiger partial charge in [-0.1, -0.05) is 60.7 Å². The first-order valence-electron chi connectivity index (χ1n) is 18.5. The number of aliphatic hydroxyl groups is 1. The topological polar surface area (TPSA) is 155 Å². The second-order valence-corrected chi connectivity index (χ2v) is 15.2. The first kappa shape index (κ1) is 35.3. The number of piperidine rings is 1. The summed E-state index contributed by atoms with van der Waals surface area (Å²) in [5.41, 5.74) is 6.38. The minimum Gasteiger partial charge on any atom is -0.372 e. The number of nitrogens with one attached hydrogen (secondary N) is 2. The van der Waals surface area contributed by atoms with Crippen molar-refractivity contribution in [1.29, 1.82) is 0 Å². The lowest BCUT2D eigenvalue weighted by molar-refractivity contribution is -0.129. The van der Waals surface area contributed by atoms with Gasteiger partial charge in [0.15, 0.2) is 5.13 Å². The normalized spacial score (nSPS) is 19.9. The predicted molar refractivity (Wildman–Crippen MR) is 210 cm³/mol. The van der Waals surface area contributed by atoms with Crippen LogP contribution in [0.2, 0.25) is 0 Å². The quantitative estimate of drug-likeness (QED) is 0.191. The van der Waals surface area contributed by atoms with Gasteiger partial charge in [0.05, 0.1) is 22.9 Å². The molecule has 3 atom stereocenters. The van der Waals surface area contributed by atoms with Gasteiger partial charge in [-0.3, -0.25) is 34.2 Å². The number of piperazine rings is 1. The maximum Gasteiger partial charge on any atom is 0.264 e. The van der Waals surface area contributed by atoms with Crippen molar-refractivity contribution in [3.63, 3.8) is 0 Å². The molecule has 0 radical (unpaired) electrons. The Kier molecular flexibility index (Phi) is 9.06. The lowest BCUT2D eigenvalue weighted by atomic mass is 10.00. The Morgan fingerprint density at radius 2 is 1.57 bits per heavy atom. The fraction of sp³-hybridized carbons (Fsp3) is 0.238. The van der Waals surface area contributed by atoms with Crippen LogP contribution in [0.5, 0.6) is 0 Å². The molecule has 5 heterocycles. The molecule has 14 heteroatoms. The minimum atomic E-state index is -1.31. The van der Waals surface area contributed by atoms with Crippen LogP contribution in [0.25, 0.3) is 11.1 Å². The monoisotopic (exact) mass is 767 g/mol. The van der Waals surface area contributed by atoms with Crippen molar-refractivity contribution in [1.82, 2.24) is 20.1 Å². The SMILES string of the molecule is O=C1CCC(N2C(=O)c3cccc(N4CCN(c5ccc(-c6ccc7c(c6)C(=O)N(C(C(=O)Nc6nccs6)c6ccccc6)C7)cc5)CC4)c3C2=O)C(O)N1. The lowest BCUT2D eigenvalue weighted by Gasteiger charge is -2.38. The highest BCUT2D eigenvalue weighted by Crippen LogP contribution is 2.37. The van der Waals surface area contributed by atoms with Gasteiger partial charge in [0, 0.05) is 62.0 Å². The van der Waals surface area contributed by atoms with Gasteiger partial charge in [0.25, 0.3) is 23.6 Å². The highest BCUT2D eigenvalue weighted by molar-refractivity contribution is 7.13. The summed E-state index contributed by atoms with van der Waals surface area (Å²) in [5, 5.41) is 18.1. The van der Waals surface area contributed by atoms with Crippen molar-refractivity contribution in [2.24, 2.45) is 0 Å². The largest absolute Gasteiger partial charge is 0.372 e. The molecule has 0 bridgehead atoms. The Bertz CT molecular complexity index is 2360. The third-order valence-electron chi connectivity index (χ3n) is 11.1. The summed E-state index contributed by atoms with van der Waals surface area (Å²) in [5.74, 6) is -1.74. The smallest absolute Gasteiger partial charge is 0.264 e. The minimum absolute atomic E-state index is 0.128. The Labute approximate surface area is 326 Å². The Balaban J connectivity index is 0.875. The average molecular weight is 768 g/mol.